The molecule has 4 heterocycles. The number of anilines is 2. The van der Waals surface area contributed by atoms with Gasteiger partial charge in [0.2, 0.25) is 0 Å². The Labute approximate surface area is 340 Å². The van der Waals surface area contributed by atoms with Gasteiger partial charge in [0.05, 0.1) is 22.1 Å². The van der Waals surface area contributed by atoms with E-state index in [4.69, 9.17) is 4.98 Å². The van der Waals surface area contributed by atoms with Crippen LogP contribution in [0.5, 0.6) is 0 Å². The van der Waals surface area contributed by atoms with Gasteiger partial charge in [-0.2, -0.15) is 0 Å². The van der Waals surface area contributed by atoms with Crippen LogP contribution < -0.4 is 15.7 Å². The number of benzene rings is 7. The summed E-state index contributed by atoms with van der Waals surface area (Å²) in [5.74, 6) is 0.979. The summed E-state index contributed by atoms with van der Waals surface area (Å²) in [6.45, 7) is 11.9. The lowest BCUT2D eigenvalue weighted by atomic mass is 9.44. The van der Waals surface area contributed by atoms with Crippen molar-refractivity contribution in [2.24, 2.45) is 7.05 Å². The predicted octanol–water partition coefficient (Wildman–Crippen LogP) is 11.9. The summed E-state index contributed by atoms with van der Waals surface area (Å²) in [5.41, 5.74) is 21.6. The summed E-state index contributed by atoms with van der Waals surface area (Å²) < 4.78 is 4.95. The average molecular weight is 749 g/mol. The van der Waals surface area contributed by atoms with Crippen molar-refractivity contribution in [3.63, 3.8) is 0 Å². The van der Waals surface area contributed by atoms with Gasteiger partial charge in [-0.1, -0.05) is 124 Å². The van der Waals surface area contributed by atoms with E-state index in [0.29, 0.717) is 0 Å². The zero-order valence-corrected chi connectivity index (χ0v) is 34.1. The highest BCUT2D eigenvalue weighted by Gasteiger charge is 2.46. The molecule has 0 atom stereocenters. The first-order chi connectivity index (χ1) is 28.1. The average Bonchev–Trinajstić information content (AvgIpc) is 3.76. The Balaban J connectivity index is 1.30. The highest BCUT2D eigenvalue weighted by molar-refractivity contribution is 6.94. The summed E-state index contributed by atoms with van der Waals surface area (Å²) in [6.07, 6.45) is 2.34. The number of hydrogen-bond acceptors (Lipinski definition) is 2. The lowest BCUT2D eigenvalue weighted by Crippen LogP contribution is -2.60. The van der Waals surface area contributed by atoms with Gasteiger partial charge in [0, 0.05) is 46.0 Å². The van der Waals surface area contributed by atoms with E-state index in [1.54, 1.807) is 0 Å². The number of para-hydroxylation sites is 1. The summed E-state index contributed by atoms with van der Waals surface area (Å²) in [5, 5.41) is 2.68. The summed E-state index contributed by atoms with van der Waals surface area (Å²) in [4.78, 5) is 8.00. The zero-order chi connectivity index (χ0) is 39.2. The molecular weight excluding hydrogens is 703 g/mol. The number of aromatic nitrogens is 3. The van der Waals surface area contributed by atoms with E-state index in [1.807, 2.05) is 0 Å². The van der Waals surface area contributed by atoms with Gasteiger partial charge in [0.15, 0.2) is 0 Å². The topological polar surface area (TPSA) is 26.0 Å². The molecule has 0 saturated heterocycles. The number of nitrogens with zero attached hydrogens (tertiary/aromatic N) is 4. The van der Waals surface area contributed by atoms with Crippen LogP contribution in [0.3, 0.4) is 0 Å². The molecule has 0 spiro atoms. The van der Waals surface area contributed by atoms with Crippen molar-refractivity contribution in [1.82, 2.24) is 14.1 Å². The number of fused-ring (bicyclic) bond motifs is 10. The van der Waals surface area contributed by atoms with Crippen LogP contribution in [-0.4, -0.2) is 21.0 Å². The van der Waals surface area contributed by atoms with Crippen molar-refractivity contribution in [2.75, 3.05) is 4.81 Å². The summed E-state index contributed by atoms with van der Waals surface area (Å²) in [7, 11) is 2.17. The third-order valence-corrected chi connectivity index (χ3v) is 14.0. The van der Waals surface area contributed by atoms with E-state index in [1.165, 1.54) is 102 Å². The fourth-order valence-electron chi connectivity index (χ4n) is 10.9. The first kappa shape index (κ1) is 33.8. The van der Waals surface area contributed by atoms with Gasteiger partial charge in [-0.25, -0.2) is 4.98 Å². The molecule has 4 nitrogen and oxygen atoms in total. The van der Waals surface area contributed by atoms with Crippen molar-refractivity contribution >= 4 is 62.0 Å². The molecule has 2 aromatic heterocycles. The van der Waals surface area contributed by atoms with Crippen LogP contribution in [0.4, 0.5) is 11.4 Å². The second-order valence-electron chi connectivity index (χ2n) is 18.4. The zero-order valence-electron chi connectivity index (χ0n) is 34.1. The maximum absolute atomic E-state index is 5.39. The fraction of sp³-hybridized carbons (Fsp3) is 0.189. The first-order valence-corrected chi connectivity index (χ1v) is 20.9. The smallest absolute Gasteiger partial charge is 0.333 e. The molecular formula is C53H45BN4. The molecule has 280 valence electrons. The van der Waals surface area contributed by atoms with E-state index in [0.717, 1.165) is 22.4 Å². The molecule has 0 fully saturated rings. The molecule has 0 amide bonds. The molecule has 9 aromatic rings. The Morgan fingerprint density at radius 1 is 0.603 bits per heavy atom. The lowest BCUT2D eigenvalue weighted by Gasteiger charge is -2.42. The van der Waals surface area contributed by atoms with Crippen molar-refractivity contribution in [3.05, 3.63) is 156 Å². The van der Waals surface area contributed by atoms with Gasteiger partial charge in [-0.05, 0) is 118 Å². The van der Waals surface area contributed by atoms with Crippen LogP contribution >= 0.6 is 0 Å². The Morgan fingerprint density at radius 3 is 1.98 bits per heavy atom. The normalized spacial score (nSPS) is 15.8. The van der Waals surface area contributed by atoms with E-state index >= 15 is 0 Å². The minimum absolute atomic E-state index is 0.0647. The second kappa shape index (κ2) is 11.6. The Morgan fingerprint density at radius 2 is 1.26 bits per heavy atom. The lowest BCUT2D eigenvalue weighted by molar-refractivity contribution is 0.332. The van der Waals surface area contributed by atoms with E-state index in [9.17, 15) is 0 Å². The van der Waals surface area contributed by atoms with Gasteiger partial charge in [0.1, 0.15) is 5.82 Å². The van der Waals surface area contributed by atoms with E-state index in [-0.39, 0.29) is 17.7 Å². The molecule has 5 heteroatoms. The van der Waals surface area contributed by atoms with Crippen LogP contribution in [0.1, 0.15) is 57.2 Å². The highest BCUT2D eigenvalue weighted by atomic mass is 15.1. The minimum atomic E-state index is -0.0826. The van der Waals surface area contributed by atoms with Crippen molar-refractivity contribution in [1.29, 1.82) is 0 Å². The molecule has 0 saturated carbocycles. The van der Waals surface area contributed by atoms with Crippen molar-refractivity contribution in [2.45, 2.75) is 58.3 Å². The van der Waals surface area contributed by atoms with Gasteiger partial charge in [-0.3, -0.25) is 0 Å². The Bertz CT molecular complexity index is 3190. The fourth-order valence-corrected chi connectivity index (χ4v) is 10.9. The van der Waals surface area contributed by atoms with Crippen LogP contribution in [0, 0.1) is 6.92 Å². The van der Waals surface area contributed by atoms with Crippen molar-refractivity contribution in [3.8, 4) is 39.3 Å². The molecule has 7 aromatic carbocycles. The van der Waals surface area contributed by atoms with Crippen LogP contribution in [-0.2, 0) is 17.9 Å². The largest absolute Gasteiger partial charge is 0.376 e. The molecule has 12 rings (SSSR count). The van der Waals surface area contributed by atoms with Gasteiger partial charge < -0.3 is 13.9 Å². The molecule has 58 heavy (non-hydrogen) atoms. The molecule has 1 aliphatic carbocycles. The predicted molar refractivity (Wildman–Crippen MR) is 245 cm³/mol. The number of aryl methyl sites for hydroxylation is 2. The van der Waals surface area contributed by atoms with Crippen LogP contribution in [0.25, 0.3) is 72.2 Å². The van der Waals surface area contributed by atoms with Gasteiger partial charge >= 0.3 is 6.85 Å². The standard InChI is InChI=1S/C53H45BN4/c1-32-21-23-35(24-22-32)58-44-20-14-13-19-36(44)38-27-37(33-15-9-7-10-16-33)48-39-28-40-41(53(4,5)26-25-52(40,2)3)29-45(39)57-46-31-47-43(30-42(46)54(58)49(38)50(48)57)55-51(56(47)6)34-17-11-8-12-18-34/h7-24,27-31H,25-26H2,1-6H3. The van der Waals surface area contributed by atoms with Crippen molar-refractivity contribution < 1.29 is 0 Å². The molecule has 0 bridgehead atoms. The first-order valence-electron chi connectivity index (χ1n) is 20.9. The van der Waals surface area contributed by atoms with Crippen LogP contribution in [0.15, 0.2) is 140 Å². The quantitative estimate of drug-likeness (QED) is 0.168. The third-order valence-electron chi connectivity index (χ3n) is 14.0. The number of rotatable bonds is 3. The monoisotopic (exact) mass is 748 g/mol. The highest BCUT2D eigenvalue weighted by Crippen LogP contribution is 2.52. The number of hydrogen-bond donors (Lipinski definition) is 0. The second-order valence-corrected chi connectivity index (χ2v) is 18.4. The summed E-state index contributed by atoms with van der Waals surface area (Å²) in [6, 6.07) is 52.5. The van der Waals surface area contributed by atoms with E-state index in [2.05, 4.69) is 195 Å². The molecule has 2 aliphatic heterocycles. The summed E-state index contributed by atoms with van der Waals surface area (Å²) >= 11 is 0. The molecule has 3 aliphatic rings. The van der Waals surface area contributed by atoms with Gasteiger partial charge in [0.25, 0.3) is 0 Å². The van der Waals surface area contributed by atoms with E-state index < -0.39 is 0 Å². The van der Waals surface area contributed by atoms with Crippen LogP contribution in [0.2, 0.25) is 0 Å². The molecule has 0 unspecified atom stereocenters. The Hall–Kier alpha value is -6.33. The maximum atomic E-state index is 5.39. The molecule has 0 radical (unpaired) electrons. The maximum Gasteiger partial charge on any atom is 0.333 e. The minimum Gasteiger partial charge on any atom is -0.376 e. The third kappa shape index (κ3) is 4.50. The molecule has 0 N–H and O–H groups in total. The van der Waals surface area contributed by atoms with Gasteiger partial charge in [-0.15, -0.1) is 0 Å². The Kier molecular flexibility index (Phi) is 6.78. The number of imidazole rings is 1. The SMILES string of the molecule is Cc1ccc(N2B3c4cc5nc(-c6ccccc6)n(C)c5cc4-n4c5cc6c(cc5c5c(-c7ccccc7)cc(c3c54)-c3ccccc32)C(C)(C)CCC6(C)C)cc1.